The van der Waals surface area contributed by atoms with Gasteiger partial charge in [0.15, 0.2) is 0 Å². The molecule has 0 heterocycles. The quantitative estimate of drug-likeness (QED) is 0.692. The van der Waals surface area contributed by atoms with Crippen LogP contribution in [0.3, 0.4) is 0 Å². The molecule has 0 unspecified atom stereocenters. The Kier molecular flexibility index (Phi) is 7.06. The highest BCUT2D eigenvalue weighted by atomic mass is 16.5. The van der Waals surface area contributed by atoms with E-state index in [1.165, 1.54) is 0 Å². The summed E-state index contributed by atoms with van der Waals surface area (Å²) in [5.41, 5.74) is 1.97. The number of hydrogen-bond acceptors (Lipinski definition) is 3. The van der Waals surface area contributed by atoms with Crippen molar-refractivity contribution in [2.24, 2.45) is 0 Å². The Labute approximate surface area is 109 Å². The molecule has 0 saturated carbocycles. The van der Waals surface area contributed by atoms with E-state index in [1.54, 1.807) is 7.11 Å². The summed E-state index contributed by atoms with van der Waals surface area (Å²) in [7, 11) is 1.68. The van der Waals surface area contributed by atoms with E-state index >= 15 is 0 Å². The van der Waals surface area contributed by atoms with Crippen LogP contribution in [0.1, 0.15) is 18.9 Å². The number of carbonyl (C=O) groups excluding carboxylic acids is 1. The van der Waals surface area contributed by atoms with Crippen molar-refractivity contribution in [2.45, 2.75) is 19.8 Å². The molecule has 0 radical (unpaired) electrons. The van der Waals surface area contributed by atoms with E-state index in [9.17, 15) is 4.79 Å². The standard InChI is InChI=1S/C14H22N2O2/c1-3-9-15-11-14(17)16-13-7-5-4-6-12(13)8-10-18-2/h4-7,15H,3,8-11H2,1-2H3,(H,16,17). The van der Waals surface area contributed by atoms with Gasteiger partial charge in [0.2, 0.25) is 5.91 Å². The highest BCUT2D eigenvalue weighted by molar-refractivity contribution is 5.92. The van der Waals surface area contributed by atoms with Crippen molar-refractivity contribution in [2.75, 3.05) is 32.1 Å². The Bertz CT molecular complexity index is 367. The number of carbonyl (C=O) groups is 1. The van der Waals surface area contributed by atoms with Crippen LogP contribution in [-0.4, -0.2) is 32.7 Å². The number of amides is 1. The highest BCUT2D eigenvalue weighted by Gasteiger charge is 2.05. The predicted octanol–water partition coefficient (Wildman–Crippen LogP) is 1.81. The zero-order valence-corrected chi connectivity index (χ0v) is 11.2. The fourth-order valence-electron chi connectivity index (χ4n) is 1.65. The van der Waals surface area contributed by atoms with Gasteiger partial charge in [-0.2, -0.15) is 0 Å². The Morgan fingerprint density at radius 2 is 2.11 bits per heavy atom. The van der Waals surface area contributed by atoms with Gasteiger partial charge < -0.3 is 15.4 Å². The molecule has 0 spiro atoms. The first-order chi connectivity index (χ1) is 8.77. The number of rotatable bonds is 8. The van der Waals surface area contributed by atoms with Crippen LogP contribution in [0.5, 0.6) is 0 Å². The molecule has 0 aromatic heterocycles. The number of nitrogens with one attached hydrogen (secondary N) is 2. The summed E-state index contributed by atoms with van der Waals surface area (Å²) in [5, 5.41) is 6.00. The Hall–Kier alpha value is -1.39. The molecule has 100 valence electrons. The molecule has 0 aliphatic carbocycles. The Balaban J connectivity index is 2.51. The van der Waals surface area contributed by atoms with Gasteiger partial charge in [-0.25, -0.2) is 0 Å². The van der Waals surface area contributed by atoms with Crippen LogP contribution in [-0.2, 0) is 16.0 Å². The molecule has 1 rings (SSSR count). The molecule has 0 bridgehead atoms. The fourth-order valence-corrected chi connectivity index (χ4v) is 1.65. The van der Waals surface area contributed by atoms with E-state index < -0.39 is 0 Å². The van der Waals surface area contributed by atoms with E-state index in [4.69, 9.17) is 4.74 Å². The molecule has 1 amide bonds. The second-order valence-electron chi connectivity index (χ2n) is 4.12. The fraction of sp³-hybridized carbons (Fsp3) is 0.500. The van der Waals surface area contributed by atoms with Crippen molar-refractivity contribution in [3.63, 3.8) is 0 Å². The van der Waals surface area contributed by atoms with Gasteiger partial charge in [0, 0.05) is 12.8 Å². The average molecular weight is 250 g/mol. The minimum atomic E-state index is -0.00619. The van der Waals surface area contributed by atoms with Gasteiger partial charge in [0.05, 0.1) is 13.2 Å². The number of ether oxygens (including phenoxy) is 1. The summed E-state index contributed by atoms with van der Waals surface area (Å²) in [6, 6.07) is 7.82. The summed E-state index contributed by atoms with van der Waals surface area (Å²) >= 11 is 0. The molecule has 1 aromatic rings. The van der Waals surface area contributed by atoms with Gasteiger partial charge >= 0.3 is 0 Å². The third-order valence-corrected chi connectivity index (χ3v) is 2.58. The smallest absolute Gasteiger partial charge is 0.238 e. The van der Waals surface area contributed by atoms with E-state index in [-0.39, 0.29) is 5.91 Å². The summed E-state index contributed by atoms with van der Waals surface area (Å²) in [6.07, 6.45) is 1.83. The molecule has 4 nitrogen and oxygen atoms in total. The van der Waals surface area contributed by atoms with Gasteiger partial charge in [-0.3, -0.25) is 4.79 Å². The summed E-state index contributed by atoms with van der Waals surface area (Å²) in [6.45, 7) is 3.94. The highest BCUT2D eigenvalue weighted by Crippen LogP contribution is 2.15. The number of para-hydroxylation sites is 1. The lowest BCUT2D eigenvalue weighted by molar-refractivity contribution is -0.115. The lowest BCUT2D eigenvalue weighted by Crippen LogP contribution is -2.28. The van der Waals surface area contributed by atoms with Crippen molar-refractivity contribution in [3.8, 4) is 0 Å². The maximum Gasteiger partial charge on any atom is 0.238 e. The molecular formula is C14H22N2O2. The normalized spacial score (nSPS) is 10.3. The maximum absolute atomic E-state index is 11.7. The average Bonchev–Trinajstić information content (AvgIpc) is 2.38. The van der Waals surface area contributed by atoms with Crippen LogP contribution in [0.25, 0.3) is 0 Å². The molecule has 0 atom stereocenters. The van der Waals surface area contributed by atoms with Gasteiger partial charge in [0.1, 0.15) is 0 Å². The molecular weight excluding hydrogens is 228 g/mol. The number of benzene rings is 1. The van der Waals surface area contributed by atoms with Gasteiger partial charge in [0.25, 0.3) is 0 Å². The van der Waals surface area contributed by atoms with Crippen LogP contribution in [0, 0.1) is 0 Å². The summed E-state index contributed by atoms with van der Waals surface area (Å²) in [4.78, 5) is 11.7. The maximum atomic E-state index is 11.7. The molecule has 0 saturated heterocycles. The Morgan fingerprint density at radius 3 is 2.83 bits per heavy atom. The first-order valence-electron chi connectivity index (χ1n) is 6.35. The number of hydrogen-bond donors (Lipinski definition) is 2. The zero-order valence-electron chi connectivity index (χ0n) is 11.2. The van der Waals surface area contributed by atoms with Crippen LogP contribution < -0.4 is 10.6 Å². The van der Waals surface area contributed by atoms with Gasteiger partial charge in [-0.15, -0.1) is 0 Å². The number of methoxy groups -OCH3 is 1. The topological polar surface area (TPSA) is 50.4 Å². The SMILES string of the molecule is CCCNCC(=O)Nc1ccccc1CCOC. The van der Waals surface area contributed by atoms with Gasteiger partial charge in [-0.05, 0) is 31.0 Å². The first-order valence-corrected chi connectivity index (χ1v) is 6.35. The second-order valence-corrected chi connectivity index (χ2v) is 4.12. The van der Waals surface area contributed by atoms with E-state index in [1.807, 2.05) is 24.3 Å². The molecule has 2 N–H and O–H groups in total. The zero-order chi connectivity index (χ0) is 13.2. The third kappa shape index (κ3) is 5.29. The molecule has 0 fully saturated rings. The van der Waals surface area contributed by atoms with Crippen molar-refractivity contribution in [3.05, 3.63) is 29.8 Å². The van der Waals surface area contributed by atoms with Crippen molar-refractivity contribution < 1.29 is 9.53 Å². The lowest BCUT2D eigenvalue weighted by Gasteiger charge is -2.11. The van der Waals surface area contributed by atoms with Crippen LogP contribution >= 0.6 is 0 Å². The Morgan fingerprint density at radius 1 is 1.33 bits per heavy atom. The molecule has 18 heavy (non-hydrogen) atoms. The molecule has 0 aliphatic heterocycles. The minimum absolute atomic E-state index is 0.00619. The third-order valence-electron chi connectivity index (χ3n) is 2.58. The first kappa shape index (κ1) is 14.7. The van der Waals surface area contributed by atoms with Gasteiger partial charge in [-0.1, -0.05) is 25.1 Å². The largest absolute Gasteiger partial charge is 0.384 e. The summed E-state index contributed by atoms with van der Waals surface area (Å²) in [5.74, 6) is -0.00619. The second kappa shape index (κ2) is 8.66. The molecule has 1 aromatic carbocycles. The van der Waals surface area contributed by atoms with E-state index in [0.717, 1.165) is 30.6 Å². The minimum Gasteiger partial charge on any atom is -0.384 e. The van der Waals surface area contributed by atoms with Crippen LogP contribution in [0.15, 0.2) is 24.3 Å². The van der Waals surface area contributed by atoms with E-state index in [0.29, 0.717) is 13.2 Å². The molecule has 0 aliphatic rings. The monoisotopic (exact) mass is 250 g/mol. The summed E-state index contributed by atoms with van der Waals surface area (Å²) < 4.78 is 5.06. The van der Waals surface area contributed by atoms with Crippen LogP contribution in [0.4, 0.5) is 5.69 Å². The number of anilines is 1. The lowest BCUT2D eigenvalue weighted by atomic mass is 10.1. The van der Waals surface area contributed by atoms with Crippen molar-refractivity contribution in [1.82, 2.24) is 5.32 Å². The van der Waals surface area contributed by atoms with Crippen LogP contribution in [0.2, 0.25) is 0 Å². The predicted molar refractivity (Wildman–Crippen MR) is 73.8 cm³/mol. The molecule has 4 heteroatoms. The van der Waals surface area contributed by atoms with Crippen molar-refractivity contribution >= 4 is 11.6 Å². The van der Waals surface area contributed by atoms with E-state index in [2.05, 4.69) is 17.6 Å². The van der Waals surface area contributed by atoms with Crippen molar-refractivity contribution in [1.29, 1.82) is 0 Å².